The maximum absolute atomic E-state index is 11.9. The third-order valence-electron chi connectivity index (χ3n) is 3.14. The molecule has 9 nitrogen and oxygen atoms in total. The minimum Gasteiger partial charge on any atom is -0.464 e. The number of hydrogen-bond donors (Lipinski definition) is 4. The summed E-state index contributed by atoms with van der Waals surface area (Å²) in [4.78, 5) is 37.5. The molecule has 1 aromatic heterocycles. The molecule has 2 atom stereocenters. The second-order valence-corrected chi connectivity index (χ2v) is 5.14. The van der Waals surface area contributed by atoms with Gasteiger partial charge in [0.15, 0.2) is 0 Å². The van der Waals surface area contributed by atoms with Gasteiger partial charge in [-0.05, 0) is 13.3 Å². The number of aromatic nitrogens is 2. The van der Waals surface area contributed by atoms with E-state index in [2.05, 4.69) is 10.3 Å². The minimum atomic E-state index is -1.12. The number of carbonyl (C=O) groups is 3. The fraction of sp³-hybridized carbons (Fsp3) is 0.538. The topological polar surface area (TPSA) is 134 Å². The first-order chi connectivity index (χ1) is 10.3. The fourth-order valence-electron chi connectivity index (χ4n) is 1.86. The van der Waals surface area contributed by atoms with Crippen LogP contribution in [-0.4, -0.2) is 43.8 Å². The van der Waals surface area contributed by atoms with E-state index in [4.69, 9.17) is 10.3 Å². The minimum absolute atomic E-state index is 0.0580. The lowest BCUT2D eigenvalue weighted by atomic mass is 10.0. The highest BCUT2D eigenvalue weighted by molar-refractivity contribution is 5.80. The predicted octanol–water partition coefficient (Wildman–Crippen LogP) is 0.378. The van der Waals surface area contributed by atoms with Gasteiger partial charge in [-0.15, -0.1) is 0 Å². The van der Waals surface area contributed by atoms with Crippen molar-refractivity contribution in [3.63, 3.8) is 0 Å². The van der Waals surface area contributed by atoms with Crippen LogP contribution in [0.15, 0.2) is 12.5 Å². The molecular weight excluding hydrogens is 292 g/mol. The molecule has 0 aromatic carbocycles. The van der Waals surface area contributed by atoms with E-state index in [1.807, 2.05) is 0 Å². The second kappa shape index (κ2) is 8.13. The molecule has 4 N–H and O–H groups in total. The molecule has 9 heteroatoms. The Bertz CT molecular complexity index is 542. The zero-order valence-electron chi connectivity index (χ0n) is 12.4. The Kier molecular flexibility index (Phi) is 6.51. The van der Waals surface area contributed by atoms with Crippen molar-refractivity contribution >= 4 is 17.9 Å². The smallest absolute Gasteiger partial charge is 0.416 e. The van der Waals surface area contributed by atoms with Gasteiger partial charge < -0.3 is 10.4 Å². The summed E-state index contributed by atoms with van der Waals surface area (Å²) in [5, 5.41) is 19.9. The van der Waals surface area contributed by atoms with Gasteiger partial charge >= 0.3 is 6.09 Å². The molecule has 22 heavy (non-hydrogen) atoms. The van der Waals surface area contributed by atoms with Crippen LogP contribution in [0.4, 0.5) is 4.79 Å². The number of nitrogens with zero attached hydrogens (tertiary/aromatic N) is 2. The Hall–Kier alpha value is -2.42. The molecule has 122 valence electrons. The zero-order valence-corrected chi connectivity index (χ0v) is 12.4. The molecule has 0 bridgehead atoms. The molecule has 0 aliphatic heterocycles. The van der Waals surface area contributed by atoms with Crippen molar-refractivity contribution in [3.05, 3.63) is 18.2 Å². The van der Waals surface area contributed by atoms with E-state index in [-0.39, 0.29) is 24.3 Å². The molecular formula is C13H20N4O5. The van der Waals surface area contributed by atoms with Crippen molar-refractivity contribution < 1.29 is 24.7 Å². The molecule has 0 aliphatic carbocycles. The van der Waals surface area contributed by atoms with Crippen molar-refractivity contribution in [3.8, 4) is 0 Å². The van der Waals surface area contributed by atoms with Crippen molar-refractivity contribution in [2.24, 2.45) is 5.92 Å². The van der Waals surface area contributed by atoms with Crippen LogP contribution >= 0.6 is 0 Å². The van der Waals surface area contributed by atoms with Gasteiger partial charge in [0.2, 0.25) is 11.8 Å². The zero-order chi connectivity index (χ0) is 16.7. The summed E-state index contributed by atoms with van der Waals surface area (Å²) in [6.45, 7) is 3.47. The van der Waals surface area contributed by atoms with Crippen LogP contribution < -0.4 is 10.8 Å². The normalized spacial score (nSPS) is 13.2. The summed E-state index contributed by atoms with van der Waals surface area (Å²) in [6.07, 6.45) is 2.24. The molecule has 1 unspecified atom stereocenters. The fourth-order valence-corrected chi connectivity index (χ4v) is 1.86. The summed E-state index contributed by atoms with van der Waals surface area (Å²) in [6, 6.07) is -0.223. The lowest BCUT2D eigenvalue weighted by Gasteiger charge is -2.16. The van der Waals surface area contributed by atoms with E-state index in [1.54, 1.807) is 13.8 Å². The Morgan fingerprint density at radius 2 is 2.05 bits per heavy atom. The number of rotatable bonds is 7. The van der Waals surface area contributed by atoms with Gasteiger partial charge in [-0.1, -0.05) is 6.92 Å². The standard InChI is InChI=1S/C13H20N4O5/c1-8(3-4-11(18)16-22)12(19)15-9(2)5-10-6-17(7-14-10)13(20)21/h6-9,22H,3-5H2,1-2H3,(H,15,19)(H,16,18)(H,20,21)/t8?,9-/m1/s1. The summed E-state index contributed by atoms with van der Waals surface area (Å²) < 4.78 is 0.944. The van der Waals surface area contributed by atoms with Crippen molar-refractivity contribution in [2.75, 3.05) is 0 Å². The molecule has 0 saturated carbocycles. The van der Waals surface area contributed by atoms with E-state index < -0.39 is 12.0 Å². The lowest BCUT2D eigenvalue weighted by Crippen LogP contribution is -2.38. The average Bonchev–Trinajstić information content (AvgIpc) is 2.92. The molecule has 1 aromatic rings. The first-order valence-electron chi connectivity index (χ1n) is 6.83. The molecule has 0 saturated heterocycles. The first-order valence-corrected chi connectivity index (χ1v) is 6.83. The summed E-state index contributed by atoms with van der Waals surface area (Å²) in [5.74, 6) is -1.13. The Balaban J connectivity index is 2.42. The maximum Gasteiger partial charge on any atom is 0.416 e. The summed E-state index contributed by atoms with van der Waals surface area (Å²) in [5.41, 5.74) is 2.07. The largest absolute Gasteiger partial charge is 0.464 e. The van der Waals surface area contributed by atoms with Crippen molar-refractivity contribution in [1.82, 2.24) is 20.3 Å². The summed E-state index contributed by atoms with van der Waals surface area (Å²) in [7, 11) is 0. The van der Waals surface area contributed by atoms with Crippen LogP contribution in [0.3, 0.4) is 0 Å². The molecule has 2 amide bonds. The Labute approximate surface area is 127 Å². The average molecular weight is 312 g/mol. The quantitative estimate of drug-likeness (QED) is 0.425. The number of nitrogens with one attached hydrogen (secondary N) is 2. The molecule has 1 heterocycles. The van der Waals surface area contributed by atoms with E-state index in [1.165, 1.54) is 18.0 Å². The Morgan fingerprint density at radius 1 is 1.36 bits per heavy atom. The van der Waals surface area contributed by atoms with Gasteiger partial charge in [0.25, 0.3) is 0 Å². The van der Waals surface area contributed by atoms with Gasteiger partial charge in [-0.25, -0.2) is 19.8 Å². The highest BCUT2D eigenvalue weighted by Crippen LogP contribution is 2.07. The van der Waals surface area contributed by atoms with Gasteiger partial charge in [-0.3, -0.25) is 14.8 Å². The van der Waals surface area contributed by atoms with Gasteiger partial charge in [0.05, 0.1) is 5.69 Å². The molecule has 0 aliphatic rings. The number of carbonyl (C=O) groups excluding carboxylic acids is 2. The predicted molar refractivity (Wildman–Crippen MR) is 75.3 cm³/mol. The molecule has 0 fully saturated rings. The van der Waals surface area contributed by atoms with Crippen LogP contribution in [0, 0.1) is 5.92 Å². The van der Waals surface area contributed by atoms with Crippen LogP contribution in [0.2, 0.25) is 0 Å². The van der Waals surface area contributed by atoms with E-state index in [0.717, 1.165) is 4.57 Å². The highest BCUT2D eigenvalue weighted by atomic mass is 16.5. The second-order valence-electron chi connectivity index (χ2n) is 5.14. The third-order valence-corrected chi connectivity index (χ3v) is 3.14. The number of hydroxylamine groups is 1. The lowest BCUT2D eigenvalue weighted by molar-refractivity contribution is -0.130. The number of amides is 2. The van der Waals surface area contributed by atoms with Crippen molar-refractivity contribution in [2.45, 2.75) is 39.2 Å². The number of imidazole rings is 1. The van der Waals surface area contributed by atoms with Crippen LogP contribution in [0.5, 0.6) is 0 Å². The third kappa shape index (κ3) is 5.52. The number of carboxylic acid groups (broad SMARTS) is 1. The van der Waals surface area contributed by atoms with Gasteiger partial charge in [-0.2, -0.15) is 0 Å². The SMILES string of the molecule is CC(CCC(=O)NO)C(=O)N[C@H](C)Cc1cn(C(=O)O)cn1. The Morgan fingerprint density at radius 3 is 2.59 bits per heavy atom. The molecule has 0 radical (unpaired) electrons. The molecule has 1 rings (SSSR count). The maximum atomic E-state index is 11.9. The molecule has 0 spiro atoms. The van der Waals surface area contributed by atoms with Crippen LogP contribution in [0.1, 0.15) is 32.4 Å². The number of hydrogen-bond acceptors (Lipinski definition) is 5. The van der Waals surface area contributed by atoms with Gasteiger partial charge in [0.1, 0.15) is 6.33 Å². The van der Waals surface area contributed by atoms with Gasteiger partial charge in [0, 0.05) is 31.0 Å². The first kappa shape index (κ1) is 17.6. The van der Waals surface area contributed by atoms with E-state index >= 15 is 0 Å². The van der Waals surface area contributed by atoms with Crippen LogP contribution in [0.25, 0.3) is 0 Å². The van der Waals surface area contributed by atoms with Crippen LogP contribution in [-0.2, 0) is 16.0 Å². The van der Waals surface area contributed by atoms with E-state index in [9.17, 15) is 14.4 Å². The highest BCUT2D eigenvalue weighted by Gasteiger charge is 2.17. The summed E-state index contributed by atoms with van der Waals surface area (Å²) >= 11 is 0. The van der Waals surface area contributed by atoms with Crippen molar-refractivity contribution in [1.29, 1.82) is 0 Å². The van der Waals surface area contributed by atoms with E-state index in [0.29, 0.717) is 18.5 Å². The monoisotopic (exact) mass is 312 g/mol.